The minimum absolute atomic E-state index is 0.0560. The molecule has 1 saturated heterocycles. The van der Waals surface area contributed by atoms with E-state index in [-0.39, 0.29) is 30.5 Å². The average Bonchev–Trinajstić information content (AvgIpc) is 2.94. The lowest BCUT2D eigenvalue weighted by Gasteiger charge is -2.36. The van der Waals surface area contributed by atoms with Crippen molar-refractivity contribution >= 4 is 28.7 Å². The van der Waals surface area contributed by atoms with E-state index >= 15 is 0 Å². The minimum Gasteiger partial charge on any atom is -0.457 e. The number of aromatic nitrogens is 2. The lowest BCUT2D eigenvalue weighted by molar-refractivity contribution is -0.117. The fourth-order valence-electron chi connectivity index (χ4n) is 4.57. The largest absolute Gasteiger partial charge is 0.457 e. The van der Waals surface area contributed by atoms with Crippen LogP contribution in [0.2, 0.25) is 0 Å². The summed E-state index contributed by atoms with van der Waals surface area (Å²) in [7, 11) is 0. The third kappa shape index (κ3) is 7.57. The van der Waals surface area contributed by atoms with Crippen LogP contribution in [0.15, 0.2) is 72.9 Å². The van der Waals surface area contributed by atoms with Gasteiger partial charge >= 0.3 is 6.09 Å². The Morgan fingerprint density at radius 2 is 1.44 bits per heavy atom. The Kier molecular flexibility index (Phi) is 8.14. The summed E-state index contributed by atoms with van der Waals surface area (Å²) in [5.74, 6) is 1.75. The first-order valence-corrected chi connectivity index (χ1v) is 13.6. The predicted molar refractivity (Wildman–Crippen MR) is 155 cm³/mol. The van der Waals surface area contributed by atoms with Crippen LogP contribution in [0.4, 0.5) is 15.0 Å². The maximum Gasteiger partial charge on any atom is 0.410 e. The quantitative estimate of drug-likeness (QED) is 0.277. The monoisotopic (exact) mass is 556 g/mol. The normalized spacial score (nSPS) is 13.8. The van der Waals surface area contributed by atoms with Gasteiger partial charge in [0.05, 0.1) is 17.2 Å². The number of rotatable bonds is 7. The number of piperazine rings is 1. The van der Waals surface area contributed by atoms with Crippen LogP contribution in [0, 0.1) is 5.82 Å². The van der Waals surface area contributed by atoms with Gasteiger partial charge in [0, 0.05) is 45.1 Å². The van der Waals surface area contributed by atoms with Crippen molar-refractivity contribution in [1.29, 1.82) is 0 Å². The summed E-state index contributed by atoms with van der Waals surface area (Å²) < 4.78 is 24.6. The molecule has 0 spiro atoms. The average molecular weight is 557 g/mol. The van der Waals surface area contributed by atoms with Gasteiger partial charge in [0.2, 0.25) is 0 Å². The molecule has 5 rings (SSSR count). The highest BCUT2D eigenvalue weighted by molar-refractivity contribution is 5.83. The van der Waals surface area contributed by atoms with E-state index in [1.165, 1.54) is 12.1 Å². The number of halogens is 1. The van der Waals surface area contributed by atoms with Crippen molar-refractivity contribution in [2.75, 3.05) is 31.1 Å². The number of ether oxygens (including phenoxy) is 2. The van der Waals surface area contributed by atoms with E-state index in [0.29, 0.717) is 43.2 Å². The molecule has 0 N–H and O–H groups in total. The van der Waals surface area contributed by atoms with Gasteiger partial charge in [-0.05, 0) is 68.3 Å². The molecule has 4 aromatic rings. The molecule has 1 aromatic heterocycles. The van der Waals surface area contributed by atoms with Gasteiger partial charge in [0.1, 0.15) is 34.5 Å². The van der Waals surface area contributed by atoms with Crippen molar-refractivity contribution in [3.8, 4) is 11.5 Å². The second-order valence-corrected chi connectivity index (χ2v) is 11.1. The third-order valence-electron chi connectivity index (χ3n) is 6.63. The van der Waals surface area contributed by atoms with Gasteiger partial charge < -0.3 is 19.3 Å². The number of nitrogens with zero attached hydrogens (tertiary/aromatic N) is 4. The highest BCUT2D eigenvalue weighted by atomic mass is 19.1. The van der Waals surface area contributed by atoms with Gasteiger partial charge in [-0.25, -0.2) is 14.2 Å². The number of carbonyl (C=O) groups is 2. The zero-order valence-corrected chi connectivity index (χ0v) is 23.5. The number of hydrogen-bond donors (Lipinski definition) is 0. The zero-order chi connectivity index (χ0) is 29.0. The Morgan fingerprint density at radius 3 is 2.07 bits per heavy atom. The standard InChI is InChI=1S/C32H33FN4O4/c1-32(2,3)41-31(39)37-16-14-36(15-17-37)30-21-34-28-13-12-27(20-29(28)35-30)40-26-10-6-23(7-11-26)19-25(38)18-22-4-8-24(33)9-5-22/h4-13,20-21H,14-19H2,1-3H3. The number of anilines is 1. The molecule has 0 radical (unpaired) electrons. The number of Topliss-reactive ketones (excluding diaryl/α,β-unsaturated/α-hetero) is 1. The Labute approximate surface area is 238 Å². The van der Waals surface area contributed by atoms with Crippen molar-refractivity contribution in [1.82, 2.24) is 14.9 Å². The molecule has 0 aliphatic carbocycles. The van der Waals surface area contributed by atoms with Crippen LogP contribution in [0.25, 0.3) is 11.0 Å². The van der Waals surface area contributed by atoms with Crippen LogP contribution in [0.1, 0.15) is 31.9 Å². The summed E-state index contributed by atoms with van der Waals surface area (Å²) in [6, 6.07) is 19.0. The van der Waals surface area contributed by atoms with Crippen LogP contribution >= 0.6 is 0 Å². The van der Waals surface area contributed by atoms with E-state index in [4.69, 9.17) is 14.5 Å². The van der Waals surface area contributed by atoms with Gasteiger partial charge in [-0.1, -0.05) is 24.3 Å². The molecular weight excluding hydrogens is 523 g/mol. The minimum atomic E-state index is -0.523. The first kappa shape index (κ1) is 28.0. The fourth-order valence-corrected chi connectivity index (χ4v) is 4.57. The number of hydrogen-bond acceptors (Lipinski definition) is 7. The van der Waals surface area contributed by atoms with Gasteiger partial charge in [-0.15, -0.1) is 0 Å². The van der Waals surface area contributed by atoms with Gasteiger partial charge in [0.15, 0.2) is 0 Å². The molecule has 1 fully saturated rings. The highest BCUT2D eigenvalue weighted by Crippen LogP contribution is 2.26. The molecule has 0 unspecified atom stereocenters. The summed E-state index contributed by atoms with van der Waals surface area (Å²) >= 11 is 0. The smallest absolute Gasteiger partial charge is 0.410 e. The van der Waals surface area contributed by atoms with E-state index in [1.807, 2.05) is 63.2 Å². The summed E-state index contributed by atoms with van der Waals surface area (Å²) in [5.41, 5.74) is 2.61. The second kappa shape index (κ2) is 11.9. The molecule has 1 aliphatic rings. The topological polar surface area (TPSA) is 84.9 Å². The molecular formula is C32H33FN4O4. The number of amides is 1. The number of fused-ring (bicyclic) bond motifs is 1. The number of benzene rings is 3. The van der Waals surface area contributed by atoms with Crippen LogP contribution in [0.5, 0.6) is 11.5 Å². The zero-order valence-electron chi connectivity index (χ0n) is 23.5. The van der Waals surface area contributed by atoms with Crippen LogP contribution in [-0.4, -0.2) is 58.5 Å². The molecule has 8 nitrogen and oxygen atoms in total. The summed E-state index contributed by atoms with van der Waals surface area (Å²) in [5, 5.41) is 0. The lowest BCUT2D eigenvalue weighted by atomic mass is 10.0. The van der Waals surface area contributed by atoms with Gasteiger partial charge in [-0.2, -0.15) is 0 Å². The van der Waals surface area contributed by atoms with Crippen LogP contribution in [0.3, 0.4) is 0 Å². The van der Waals surface area contributed by atoms with Crippen molar-refractivity contribution in [2.24, 2.45) is 0 Å². The molecule has 0 bridgehead atoms. The summed E-state index contributed by atoms with van der Waals surface area (Å²) in [4.78, 5) is 38.0. The van der Waals surface area contributed by atoms with Crippen molar-refractivity contribution in [3.05, 3.63) is 89.9 Å². The van der Waals surface area contributed by atoms with E-state index in [1.54, 1.807) is 23.2 Å². The van der Waals surface area contributed by atoms with Gasteiger partial charge in [-0.3, -0.25) is 9.78 Å². The van der Waals surface area contributed by atoms with Crippen LogP contribution < -0.4 is 9.64 Å². The lowest BCUT2D eigenvalue weighted by Crippen LogP contribution is -2.50. The molecule has 2 heterocycles. The van der Waals surface area contributed by atoms with E-state index in [9.17, 15) is 14.0 Å². The molecule has 1 aliphatic heterocycles. The number of carbonyl (C=O) groups excluding carboxylic acids is 2. The van der Waals surface area contributed by atoms with Gasteiger partial charge in [0.25, 0.3) is 0 Å². The molecule has 3 aromatic carbocycles. The Bertz CT molecular complexity index is 1530. The predicted octanol–water partition coefficient (Wildman–Crippen LogP) is 5.97. The maximum atomic E-state index is 13.1. The van der Waals surface area contributed by atoms with E-state index in [2.05, 4.69) is 9.88 Å². The Balaban J connectivity index is 1.18. The molecule has 212 valence electrons. The van der Waals surface area contributed by atoms with E-state index < -0.39 is 5.60 Å². The fraction of sp³-hybridized carbons (Fsp3) is 0.312. The molecule has 0 saturated carbocycles. The summed E-state index contributed by atoms with van der Waals surface area (Å²) in [6.45, 7) is 7.95. The summed E-state index contributed by atoms with van der Waals surface area (Å²) in [6.07, 6.45) is 2.01. The van der Waals surface area contributed by atoms with E-state index in [0.717, 1.165) is 22.5 Å². The molecule has 1 amide bonds. The first-order valence-electron chi connectivity index (χ1n) is 13.6. The Hall–Kier alpha value is -4.53. The number of ketones is 1. The van der Waals surface area contributed by atoms with Crippen molar-refractivity contribution in [3.63, 3.8) is 0 Å². The molecule has 9 heteroatoms. The van der Waals surface area contributed by atoms with Crippen molar-refractivity contribution in [2.45, 2.75) is 39.2 Å². The second-order valence-electron chi connectivity index (χ2n) is 11.1. The maximum absolute atomic E-state index is 13.1. The highest BCUT2D eigenvalue weighted by Gasteiger charge is 2.26. The van der Waals surface area contributed by atoms with Crippen LogP contribution in [-0.2, 0) is 22.4 Å². The molecule has 41 heavy (non-hydrogen) atoms. The first-order chi connectivity index (χ1) is 19.6. The third-order valence-corrected chi connectivity index (χ3v) is 6.63. The SMILES string of the molecule is CC(C)(C)OC(=O)N1CCN(c2cnc3ccc(Oc4ccc(CC(=O)Cc5ccc(F)cc5)cc4)cc3n2)CC1. The Morgan fingerprint density at radius 1 is 0.829 bits per heavy atom. The van der Waals surface area contributed by atoms with Crippen molar-refractivity contribution < 1.29 is 23.5 Å². The molecule has 0 atom stereocenters.